The summed E-state index contributed by atoms with van der Waals surface area (Å²) in [5.41, 5.74) is 1.17. The zero-order valence-corrected chi connectivity index (χ0v) is 13.5. The maximum absolute atomic E-state index is 11.1. The lowest BCUT2D eigenvalue weighted by molar-refractivity contribution is -0.0701. The van der Waals surface area contributed by atoms with Gasteiger partial charge in [-0.1, -0.05) is 39.0 Å². The summed E-state index contributed by atoms with van der Waals surface area (Å²) in [6, 6.07) is 8.53. The average molecular weight is 288 g/mol. The van der Waals surface area contributed by atoms with Crippen LogP contribution in [0.4, 0.5) is 0 Å². The highest BCUT2D eigenvalue weighted by Crippen LogP contribution is 2.46. The molecule has 1 heterocycles. The van der Waals surface area contributed by atoms with Crippen LogP contribution in [-0.2, 0) is 6.42 Å². The Kier molecular flexibility index (Phi) is 3.42. The third kappa shape index (κ3) is 2.51. The van der Waals surface area contributed by atoms with E-state index in [2.05, 4.69) is 50.4 Å². The number of aliphatic hydroxyl groups is 1. The van der Waals surface area contributed by atoms with Gasteiger partial charge in [0.2, 0.25) is 0 Å². The van der Waals surface area contributed by atoms with Crippen molar-refractivity contribution in [3.05, 3.63) is 35.2 Å². The van der Waals surface area contributed by atoms with Crippen molar-refractivity contribution in [1.82, 2.24) is 0 Å². The zero-order valence-electron chi connectivity index (χ0n) is 12.6. The Balaban J connectivity index is 1.87. The molecule has 0 spiro atoms. The molecular formula is C18H24OS. The van der Waals surface area contributed by atoms with Gasteiger partial charge in [0.05, 0.1) is 5.60 Å². The number of rotatable bonds is 2. The van der Waals surface area contributed by atoms with Crippen LogP contribution in [0.15, 0.2) is 29.6 Å². The van der Waals surface area contributed by atoms with Crippen molar-refractivity contribution in [2.45, 2.75) is 52.1 Å². The van der Waals surface area contributed by atoms with Crippen molar-refractivity contribution in [2.75, 3.05) is 0 Å². The predicted octanol–water partition coefficient (Wildman–Crippen LogP) is 5.02. The number of hydrogen-bond donors (Lipinski definition) is 1. The number of hydrogen-bond acceptors (Lipinski definition) is 2. The van der Waals surface area contributed by atoms with Crippen LogP contribution in [0.1, 0.15) is 45.6 Å². The lowest BCUT2D eigenvalue weighted by Gasteiger charge is -2.45. The van der Waals surface area contributed by atoms with Gasteiger partial charge in [-0.3, -0.25) is 0 Å². The molecule has 2 heteroatoms. The highest BCUT2D eigenvalue weighted by molar-refractivity contribution is 7.17. The minimum Gasteiger partial charge on any atom is -0.389 e. The van der Waals surface area contributed by atoms with E-state index in [9.17, 15) is 5.11 Å². The van der Waals surface area contributed by atoms with Gasteiger partial charge in [0.15, 0.2) is 0 Å². The molecule has 108 valence electrons. The summed E-state index contributed by atoms with van der Waals surface area (Å²) < 4.78 is 1.33. The molecule has 1 saturated carbocycles. The molecule has 0 amide bonds. The fourth-order valence-corrected chi connectivity index (χ4v) is 4.65. The standard InChI is InChI=1S/C18H24OS/c1-13-10-17(2,3)8-9-18(13,19)11-14-12-20-16-7-5-4-6-15(14)16/h4-7,12-13,19H,8-11H2,1-3H3. The van der Waals surface area contributed by atoms with Crippen molar-refractivity contribution in [3.63, 3.8) is 0 Å². The minimum atomic E-state index is -0.528. The SMILES string of the molecule is CC1CC(C)(C)CCC1(O)Cc1csc2ccccc12. The second-order valence-corrected chi connectivity index (χ2v) is 8.22. The molecule has 1 aliphatic carbocycles. The normalized spacial score (nSPS) is 29.7. The topological polar surface area (TPSA) is 20.2 Å². The van der Waals surface area contributed by atoms with Crippen LogP contribution in [-0.4, -0.2) is 10.7 Å². The molecule has 20 heavy (non-hydrogen) atoms. The fraction of sp³-hybridized carbons (Fsp3) is 0.556. The molecule has 1 aromatic heterocycles. The van der Waals surface area contributed by atoms with Gasteiger partial charge in [-0.25, -0.2) is 0 Å². The highest BCUT2D eigenvalue weighted by atomic mass is 32.1. The first kappa shape index (κ1) is 14.1. The molecule has 0 bridgehead atoms. The molecule has 1 N–H and O–H groups in total. The Labute approximate surface area is 125 Å². The van der Waals surface area contributed by atoms with E-state index in [-0.39, 0.29) is 0 Å². The first-order valence-electron chi connectivity index (χ1n) is 7.57. The third-order valence-corrected chi connectivity index (χ3v) is 6.08. The van der Waals surface area contributed by atoms with Crippen molar-refractivity contribution < 1.29 is 5.11 Å². The van der Waals surface area contributed by atoms with E-state index in [4.69, 9.17) is 0 Å². The summed E-state index contributed by atoms with van der Waals surface area (Å²) in [6.45, 7) is 6.86. The van der Waals surface area contributed by atoms with E-state index in [1.807, 2.05) is 0 Å². The van der Waals surface area contributed by atoms with Crippen LogP contribution in [0, 0.1) is 11.3 Å². The van der Waals surface area contributed by atoms with Crippen LogP contribution in [0.5, 0.6) is 0 Å². The summed E-state index contributed by atoms with van der Waals surface area (Å²) in [4.78, 5) is 0. The van der Waals surface area contributed by atoms with E-state index in [1.165, 1.54) is 15.6 Å². The number of fused-ring (bicyclic) bond motifs is 1. The lowest BCUT2D eigenvalue weighted by atomic mass is 9.64. The van der Waals surface area contributed by atoms with Crippen LogP contribution in [0.25, 0.3) is 10.1 Å². The molecule has 0 saturated heterocycles. The van der Waals surface area contributed by atoms with E-state index in [0.717, 1.165) is 25.7 Å². The predicted molar refractivity (Wildman–Crippen MR) is 87.3 cm³/mol. The van der Waals surface area contributed by atoms with Gasteiger partial charge < -0.3 is 5.11 Å². The average Bonchev–Trinajstić information content (AvgIpc) is 2.78. The monoisotopic (exact) mass is 288 g/mol. The van der Waals surface area contributed by atoms with Gasteiger partial charge in [-0.05, 0) is 53.0 Å². The van der Waals surface area contributed by atoms with Crippen molar-refractivity contribution in [2.24, 2.45) is 11.3 Å². The lowest BCUT2D eigenvalue weighted by Crippen LogP contribution is -2.45. The maximum Gasteiger partial charge on any atom is 0.0714 e. The summed E-state index contributed by atoms with van der Waals surface area (Å²) in [5, 5.41) is 14.7. The van der Waals surface area contributed by atoms with E-state index in [0.29, 0.717) is 11.3 Å². The third-order valence-electron chi connectivity index (χ3n) is 5.07. The van der Waals surface area contributed by atoms with E-state index < -0.39 is 5.60 Å². The molecule has 1 nitrogen and oxygen atoms in total. The molecule has 1 fully saturated rings. The zero-order chi connectivity index (χ0) is 14.4. The molecule has 1 aliphatic rings. The fourth-order valence-electron chi connectivity index (χ4n) is 3.68. The van der Waals surface area contributed by atoms with Crippen LogP contribution in [0.2, 0.25) is 0 Å². The second kappa shape index (κ2) is 4.85. The molecule has 3 rings (SSSR count). The van der Waals surface area contributed by atoms with E-state index >= 15 is 0 Å². The van der Waals surface area contributed by atoms with Gasteiger partial charge in [0.1, 0.15) is 0 Å². The molecule has 2 unspecified atom stereocenters. The van der Waals surface area contributed by atoms with Crippen LogP contribution >= 0.6 is 11.3 Å². The van der Waals surface area contributed by atoms with Crippen molar-refractivity contribution in [3.8, 4) is 0 Å². The summed E-state index contributed by atoms with van der Waals surface area (Å²) in [7, 11) is 0. The van der Waals surface area contributed by atoms with Crippen LogP contribution in [0.3, 0.4) is 0 Å². The first-order valence-corrected chi connectivity index (χ1v) is 8.45. The molecule has 2 aromatic rings. The molecule has 0 aliphatic heterocycles. The maximum atomic E-state index is 11.1. The van der Waals surface area contributed by atoms with Crippen LogP contribution < -0.4 is 0 Å². The molecular weight excluding hydrogens is 264 g/mol. The summed E-state index contributed by atoms with van der Waals surface area (Å²) in [5.74, 6) is 0.366. The smallest absolute Gasteiger partial charge is 0.0714 e. The summed E-state index contributed by atoms with van der Waals surface area (Å²) in [6.07, 6.45) is 3.96. The number of benzene rings is 1. The molecule has 0 radical (unpaired) electrons. The Morgan fingerprint density at radius 1 is 1.25 bits per heavy atom. The van der Waals surface area contributed by atoms with Gasteiger partial charge in [0, 0.05) is 11.1 Å². The molecule has 1 aromatic carbocycles. The first-order chi connectivity index (χ1) is 9.40. The van der Waals surface area contributed by atoms with Gasteiger partial charge in [-0.15, -0.1) is 11.3 Å². The highest BCUT2D eigenvalue weighted by Gasteiger charge is 2.42. The quantitative estimate of drug-likeness (QED) is 0.822. The Morgan fingerprint density at radius 3 is 2.75 bits per heavy atom. The number of thiophene rings is 1. The minimum absolute atomic E-state index is 0.366. The summed E-state index contributed by atoms with van der Waals surface area (Å²) >= 11 is 1.79. The van der Waals surface area contributed by atoms with Gasteiger partial charge >= 0.3 is 0 Å². The van der Waals surface area contributed by atoms with Crippen molar-refractivity contribution in [1.29, 1.82) is 0 Å². The van der Waals surface area contributed by atoms with Gasteiger partial charge in [-0.2, -0.15) is 0 Å². The Morgan fingerprint density at radius 2 is 2.00 bits per heavy atom. The van der Waals surface area contributed by atoms with Crippen molar-refractivity contribution >= 4 is 21.4 Å². The molecule has 2 atom stereocenters. The second-order valence-electron chi connectivity index (χ2n) is 7.31. The Hall–Kier alpha value is -0.860. The van der Waals surface area contributed by atoms with Gasteiger partial charge in [0.25, 0.3) is 0 Å². The largest absolute Gasteiger partial charge is 0.389 e. The Bertz CT molecular complexity index is 613. The van der Waals surface area contributed by atoms with E-state index in [1.54, 1.807) is 11.3 Å².